The molecule has 0 aromatic heterocycles. The third-order valence-electron chi connectivity index (χ3n) is 5.82. The molecular weight excluding hydrogens is 432 g/mol. The van der Waals surface area contributed by atoms with E-state index >= 15 is 0 Å². The van der Waals surface area contributed by atoms with E-state index in [-0.39, 0.29) is 19.4 Å². The first kappa shape index (κ1) is 25.6. The third-order valence-corrected chi connectivity index (χ3v) is 5.82. The number of fused-ring (bicyclic) bond motifs is 1. The molecule has 2 aromatic carbocycles. The highest BCUT2D eigenvalue weighted by Crippen LogP contribution is 2.37. The van der Waals surface area contributed by atoms with E-state index in [9.17, 15) is 14.4 Å². The number of carbonyl (C=O) groups excluding carboxylic acids is 3. The Hall–Kier alpha value is -3.03. The quantitative estimate of drug-likeness (QED) is 0.304. The summed E-state index contributed by atoms with van der Waals surface area (Å²) in [5, 5.41) is 0. The van der Waals surface area contributed by atoms with Gasteiger partial charge in [-0.1, -0.05) is 42.5 Å². The van der Waals surface area contributed by atoms with Crippen LogP contribution < -0.4 is 5.73 Å². The number of rotatable bonds is 11. The monoisotopic (exact) mass is 466 g/mol. The summed E-state index contributed by atoms with van der Waals surface area (Å²) in [6.45, 7) is 6.27. The van der Waals surface area contributed by atoms with E-state index in [2.05, 4.69) is 0 Å². The van der Waals surface area contributed by atoms with Crippen LogP contribution in [0.15, 0.2) is 54.6 Å². The van der Waals surface area contributed by atoms with Gasteiger partial charge >= 0.3 is 5.97 Å². The minimum atomic E-state index is -1.49. The molecular formula is C27H34N2O5. The first-order valence-corrected chi connectivity index (χ1v) is 11.7. The summed E-state index contributed by atoms with van der Waals surface area (Å²) in [4.78, 5) is 41.7. The Morgan fingerprint density at radius 2 is 1.47 bits per heavy atom. The van der Waals surface area contributed by atoms with Gasteiger partial charge in [-0.25, -0.2) is 4.79 Å². The zero-order chi connectivity index (χ0) is 24.8. The zero-order valence-electron chi connectivity index (χ0n) is 20.2. The van der Waals surface area contributed by atoms with Crippen LogP contribution in [0.5, 0.6) is 0 Å². The predicted octanol–water partition coefficient (Wildman–Crippen LogP) is 4.10. The fourth-order valence-electron chi connectivity index (χ4n) is 4.16. The molecule has 1 aliphatic rings. The van der Waals surface area contributed by atoms with E-state index in [1.807, 2.05) is 30.3 Å². The van der Waals surface area contributed by atoms with Crippen LogP contribution in [0, 0.1) is 0 Å². The Labute approximate surface area is 201 Å². The Balaban J connectivity index is 1.94. The topological polar surface area (TPSA) is 98.9 Å². The van der Waals surface area contributed by atoms with E-state index in [0.717, 1.165) is 10.5 Å². The molecule has 2 amide bonds. The van der Waals surface area contributed by atoms with Crippen LogP contribution in [0.25, 0.3) is 0 Å². The van der Waals surface area contributed by atoms with Crippen molar-refractivity contribution in [2.24, 2.45) is 5.73 Å². The molecule has 1 unspecified atom stereocenters. The van der Waals surface area contributed by atoms with Crippen molar-refractivity contribution in [3.05, 3.63) is 71.3 Å². The normalized spacial score (nSPS) is 15.2. The van der Waals surface area contributed by atoms with E-state index in [1.165, 1.54) is 0 Å². The fraction of sp³-hybridized carbons (Fsp3) is 0.444. The molecule has 182 valence electrons. The van der Waals surface area contributed by atoms with Gasteiger partial charge in [-0.2, -0.15) is 0 Å². The lowest BCUT2D eigenvalue weighted by molar-refractivity contribution is -0.169. The number of ether oxygens (including phenoxy) is 2. The molecule has 2 aromatic rings. The summed E-state index contributed by atoms with van der Waals surface area (Å²) in [5.74, 6) is -1.57. The minimum Gasteiger partial charge on any atom is -0.458 e. The highest BCUT2D eigenvalue weighted by Gasteiger charge is 2.54. The Kier molecular flexibility index (Phi) is 8.23. The lowest BCUT2D eigenvalue weighted by atomic mass is 9.86. The molecule has 0 fully saturated rings. The second-order valence-electron chi connectivity index (χ2n) is 9.56. The molecule has 1 atom stereocenters. The van der Waals surface area contributed by atoms with Crippen LogP contribution in [0.3, 0.4) is 0 Å². The average molecular weight is 467 g/mol. The van der Waals surface area contributed by atoms with Gasteiger partial charge in [-0.15, -0.1) is 0 Å². The Morgan fingerprint density at radius 1 is 0.882 bits per heavy atom. The van der Waals surface area contributed by atoms with Crippen LogP contribution in [-0.4, -0.2) is 47.0 Å². The molecule has 34 heavy (non-hydrogen) atoms. The van der Waals surface area contributed by atoms with Gasteiger partial charge in [0.15, 0.2) is 5.54 Å². The highest BCUT2D eigenvalue weighted by molar-refractivity contribution is 6.23. The van der Waals surface area contributed by atoms with Crippen LogP contribution >= 0.6 is 0 Å². The van der Waals surface area contributed by atoms with Crippen LogP contribution in [0.1, 0.15) is 72.7 Å². The van der Waals surface area contributed by atoms with Gasteiger partial charge in [0, 0.05) is 13.0 Å². The number of hydrogen-bond acceptors (Lipinski definition) is 6. The number of carbonyl (C=O) groups is 3. The van der Waals surface area contributed by atoms with E-state index < -0.39 is 28.9 Å². The van der Waals surface area contributed by atoms with Gasteiger partial charge in [0.2, 0.25) is 0 Å². The Bertz CT molecular complexity index is 980. The lowest BCUT2D eigenvalue weighted by Crippen LogP contribution is -2.59. The number of unbranched alkanes of at least 4 members (excludes halogenated alkanes) is 1. The summed E-state index contributed by atoms with van der Waals surface area (Å²) in [6, 6.07) is 16.3. The van der Waals surface area contributed by atoms with E-state index in [0.29, 0.717) is 37.1 Å². The molecule has 0 spiro atoms. The number of benzene rings is 2. The molecule has 7 heteroatoms. The van der Waals surface area contributed by atoms with Crippen molar-refractivity contribution in [1.29, 1.82) is 0 Å². The van der Waals surface area contributed by atoms with Crippen molar-refractivity contribution in [2.75, 3.05) is 13.2 Å². The highest BCUT2D eigenvalue weighted by atomic mass is 16.6. The summed E-state index contributed by atoms with van der Waals surface area (Å²) in [5.41, 5.74) is 5.01. The van der Waals surface area contributed by atoms with E-state index in [1.54, 1.807) is 45.0 Å². The number of hydrogen-bond donors (Lipinski definition) is 1. The largest absolute Gasteiger partial charge is 0.458 e. The summed E-state index contributed by atoms with van der Waals surface area (Å²) in [6.07, 6.45) is 1.59. The number of amides is 2. The molecule has 3 rings (SSSR count). The van der Waals surface area contributed by atoms with Crippen LogP contribution in [0.4, 0.5) is 0 Å². The number of nitrogens with zero attached hydrogens (tertiary/aromatic N) is 1. The zero-order valence-corrected chi connectivity index (χ0v) is 20.2. The first-order valence-electron chi connectivity index (χ1n) is 11.7. The van der Waals surface area contributed by atoms with Gasteiger partial charge in [0.1, 0.15) is 5.60 Å². The third kappa shape index (κ3) is 5.72. The van der Waals surface area contributed by atoms with Crippen molar-refractivity contribution < 1.29 is 23.9 Å². The van der Waals surface area contributed by atoms with Gasteiger partial charge in [0.25, 0.3) is 11.8 Å². The van der Waals surface area contributed by atoms with Crippen molar-refractivity contribution >= 4 is 17.8 Å². The molecule has 2 N–H and O–H groups in total. The predicted molar refractivity (Wildman–Crippen MR) is 129 cm³/mol. The summed E-state index contributed by atoms with van der Waals surface area (Å²) < 4.78 is 11.7. The van der Waals surface area contributed by atoms with Gasteiger partial charge in [0.05, 0.1) is 17.7 Å². The molecule has 0 bridgehead atoms. The van der Waals surface area contributed by atoms with E-state index in [4.69, 9.17) is 15.2 Å². The second-order valence-corrected chi connectivity index (χ2v) is 9.56. The van der Waals surface area contributed by atoms with Crippen molar-refractivity contribution in [3.63, 3.8) is 0 Å². The standard InChI is InChI=1S/C27H34N2O5/c1-26(2,3)34-25(32)27(15-9-10-17-28,16-18-33-19-20-11-5-4-6-12-20)29-23(30)21-13-7-8-14-22(21)24(29)31/h4-8,11-14H,9-10,15-19,28H2,1-3H3. The molecule has 0 aliphatic carbocycles. The summed E-state index contributed by atoms with van der Waals surface area (Å²) in [7, 11) is 0. The smallest absolute Gasteiger partial charge is 0.333 e. The molecule has 0 radical (unpaired) electrons. The summed E-state index contributed by atoms with van der Waals surface area (Å²) >= 11 is 0. The van der Waals surface area contributed by atoms with Gasteiger partial charge < -0.3 is 15.2 Å². The maximum atomic E-state index is 13.7. The van der Waals surface area contributed by atoms with Crippen molar-refractivity contribution in [1.82, 2.24) is 4.90 Å². The van der Waals surface area contributed by atoms with Crippen LogP contribution in [-0.2, 0) is 20.9 Å². The molecule has 0 saturated carbocycles. The SMILES string of the molecule is CC(C)(C)OC(=O)C(CCCCN)(CCOCc1ccccc1)N1C(=O)c2ccccc2C1=O. The van der Waals surface area contributed by atoms with Crippen molar-refractivity contribution in [3.8, 4) is 0 Å². The maximum Gasteiger partial charge on any atom is 0.333 e. The number of nitrogens with two attached hydrogens (primary N) is 1. The molecule has 7 nitrogen and oxygen atoms in total. The maximum absolute atomic E-state index is 13.7. The molecule has 1 heterocycles. The van der Waals surface area contributed by atoms with Crippen LogP contribution in [0.2, 0.25) is 0 Å². The second kappa shape index (κ2) is 10.9. The van der Waals surface area contributed by atoms with Gasteiger partial charge in [-0.3, -0.25) is 14.5 Å². The average Bonchev–Trinajstić information content (AvgIpc) is 3.06. The number of esters is 1. The fourth-order valence-corrected chi connectivity index (χ4v) is 4.16. The van der Waals surface area contributed by atoms with Crippen molar-refractivity contribution in [2.45, 2.75) is 64.2 Å². The minimum absolute atomic E-state index is 0.130. The first-order chi connectivity index (χ1) is 16.2. The lowest BCUT2D eigenvalue weighted by Gasteiger charge is -2.40. The molecule has 1 aliphatic heterocycles. The van der Waals surface area contributed by atoms with Gasteiger partial charge in [-0.05, 0) is 64.3 Å². The number of imide groups is 1. The Morgan fingerprint density at radius 3 is 2.03 bits per heavy atom. The molecule has 0 saturated heterocycles.